The van der Waals surface area contributed by atoms with Crippen molar-refractivity contribution in [3.8, 4) is 0 Å². The number of nitrogens with two attached hydrogens (primary N) is 1. The molecule has 0 saturated carbocycles. The summed E-state index contributed by atoms with van der Waals surface area (Å²) < 4.78 is 1.07. The van der Waals surface area contributed by atoms with Crippen LogP contribution in [0.1, 0.15) is 35.8 Å². The molecule has 24 heavy (non-hydrogen) atoms. The first-order valence-corrected chi connectivity index (χ1v) is 9.17. The van der Waals surface area contributed by atoms with Gasteiger partial charge in [-0.1, -0.05) is 17.4 Å². The van der Waals surface area contributed by atoms with Gasteiger partial charge in [-0.2, -0.15) is 0 Å². The van der Waals surface area contributed by atoms with Gasteiger partial charge in [0.25, 0.3) is 0 Å². The highest BCUT2D eigenvalue weighted by Gasteiger charge is 2.22. The number of hydrogen-bond acceptors (Lipinski definition) is 6. The van der Waals surface area contributed by atoms with Crippen LogP contribution in [0.3, 0.4) is 0 Å². The average molecular weight is 339 g/mol. The molecule has 3 aromatic rings. The van der Waals surface area contributed by atoms with Gasteiger partial charge in [0.1, 0.15) is 0 Å². The van der Waals surface area contributed by atoms with E-state index in [1.165, 1.54) is 11.3 Å². The quantitative estimate of drug-likeness (QED) is 0.792. The van der Waals surface area contributed by atoms with Crippen LogP contribution in [0.2, 0.25) is 0 Å². The van der Waals surface area contributed by atoms with Gasteiger partial charge in [0.2, 0.25) is 0 Å². The fourth-order valence-electron chi connectivity index (χ4n) is 3.38. The van der Waals surface area contributed by atoms with E-state index in [1.54, 1.807) is 0 Å². The minimum atomic E-state index is 0.513. The minimum Gasteiger partial charge on any atom is -0.375 e. The van der Waals surface area contributed by atoms with Crippen LogP contribution < -0.4 is 5.73 Å². The van der Waals surface area contributed by atoms with Crippen molar-refractivity contribution in [3.63, 3.8) is 0 Å². The molecule has 0 aliphatic carbocycles. The van der Waals surface area contributed by atoms with Gasteiger partial charge >= 0.3 is 0 Å². The van der Waals surface area contributed by atoms with Crippen molar-refractivity contribution in [2.45, 2.75) is 32.2 Å². The Kier molecular flexibility index (Phi) is 4.16. The number of fused-ring (bicyclic) bond motifs is 1. The molecule has 1 fully saturated rings. The van der Waals surface area contributed by atoms with E-state index in [4.69, 9.17) is 10.7 Å². The molecule has 0 unspecified atom stereocenters. The highest BCUT2D eigenvalue weighted by atomic mass is 32.1. The van der Waals surface area contributed by atoms with Crippen LogP contribution in [0.15, 0.2) is 30.3 Å². The number of anilines is 1. The van der Waals surface area contributed by atoms with Gasteiger partial charge < -0.3 is 5.73 Å². The molecule has 4 rings (SSSR count). The van der Waals surface area contributed by atoms with Crippen molar-refractivity contribution in [1.29, 1.82) is 0 Å². The number of nitrogen functional groups attached to an aromatic ring is 1. The lowest BCUT2D eigenvalue weighted by atomic mass is 9.93. The number of aryl methyl sites for hydroxylation is 1. The van der Waals surface area contributed by atoms with E-state index in [9.17, 15) is 0 Å². The van der Waals surface area contributed by atoms with Crippen LogP contribution in [0.5, 0.6) is 0 Å². The highest BCUT2D eigenvalue weighted by molar-refractivity contribution is 7.21. The van der Waals surface area contributed by atoms with E-state index in [1.807, 2.05) is 13.0 Å². The number of piperidine rings is 1. The molecule has 5 nitrogen and oxygen atoms in total. The molecule has 1 aliphatic heterocycles. The third-order valence-corrected chi connectivity index (χ3v) is 5.47. The summed E-state index contributed by atoms with van der Waals surface area (Å²) in [5.74, 6) is 0.513. The first-order valence-electron chi connectivity index (χ1n) is 8.35. The smallest absolute Gasteiger partial charge is 0.182 e. The molecule has 0 bridgehead atoms. The summed E-state index contributed by atoms with van der Waals surface area (Å²) >= 11 is 1.50. The molecule has 0 aromatic carbocycles. The van der Waals surface area contributed by atoms with Crippen LogP contribution in [0.25, 0.3) is 10.3 Å². The Morgan fingerprint density at radius 1 is 1.12 bits per heavy atom. The Morgan fingerprint density at radius 2 is 1.96 bits per heavy atom. The number of likely N-dealkylation sites (tertiary alicyclic amines) is 1. The third kappa shape index (κ3) is 3.25. The lowest BCUT2D eigenvalue weighted by molar-refractivity contribution is 0.201. The average Bonchev–Trinajstić information content (AvgIpc) is 2.95. The second-order valence-corrected chi connectivity index (χ2v) is 7.49. The van der Waals surface area contributed by atoms with Gasteiger partial charge in [-0.3, -0.25) is 9.88 Å². The normalized spacial score (nSPS) is 16.7. The monoisotopic (exact) mass is 339 g/mol. The van der Waals surface area contributed by atoms with E-state index >= 15 is 0 Å². The Balaban J connectivity index is 1.41. The molecule has 124 valence electrons. The molecule has 0 radical (unpaired) electrons. The molecule has 0 amide bonds. The number of nitrogens with zero attached hydrogens (tertiary/aromatic N) is 4. The predicted octanol–water partition coefficient (Wildman–Crippen LogP) is 3.36. The fraction of sp³-hybridized carbons (Fsp3) is 0.389. The van der Waals surface area contributed by atoms with Crippen LogP contribution in [-0.2, 0) is 6.54 Å². The number of pyridine rings is 2. The van der Waals surface area contributed by atoms with Gasteiger partial charge in [-0.15, -0.1) is 0 Å². The van der Waals surface area contributed by atoms with Crippen molar-refractivity contribution in [1.82, 2.24) is 19.9 Å². The van der Waals surface area contributed by atoms with E-state index in [-0.39, 0.29) is 0 Å². The number of hydrogen-bond donors (Lipinski definition) is 1. The summed E-state index contributed by atoms with van der Waals surface area (Å²) in [6, 6.07) is 10.5. The maximum absolute atomic E-state index is 5.78. The third-order valence-electron chi connectivity index (χ3n) is 4.63. The lowest BCUT2D eigenvalue weighted by Gasteiger charge is -2.31. The van der Waals surface area contributed by atoms with Crippen molar-refractivity contribution < 1.29 is 0 Å². The number of rotatable bonds is 3. The van der Waals surface area contributed by atoms with Gasteiger partial charge in [0.05, 0.1) is 10.4 Å². The number of thiazole rings is 1. The Labute approximate surface area is 145 Å². The molecule has 0 spiro atoms. The Hall–Kier alpha value is -2.05. The summed E-state index contributed by atoms with van der Waals surface area (Å²) in [5.41, 5.74) is 9.97. The second kappa shape index (κ2) is 6.45. The minimum absolute atomic E-state index is 0.513. The van der Waals surface area contributed by atoms with Crippen LogP contribution in [-0.4, -0.2) is 32.9 Å². The summed E-state index contributed by atoms with van der Waals surface area (Å²) in [6.07, 6.45) is 2.26. The van der Waals surface area contributed by atoms with Crippen molar-refractivity contribution in [3.05, 3.63) is 47.4 Å². The zero-order chi connectivity index (χ0) is 16.5. The Morgan fingerprint density at radius 3 is 2.75 bits per heavy atom. The summed E-state index contributed by atoms with van der Waals surface area (Å²) in [4.78, 5) is 16.1. The molecule has 0 atom stereocenters. The van der Waals surface area contributed by atoms with E-state index in [0.29, 0.717) is 11.0 Å². The fourth-order valence-corrected chi connectivity index (χ4v) is 4.06. The van der Waals surface area contributed by atoms with E-state index in [0.717, 1.165) is 59.9 Å². The summed E-state index contributed by atoms with van der Waals surface area (Å²) in [6.45, 7) is 5.14. The SMILES string of the molecule is Cc1cccc(CN2CCC(c3ccc4sc(N)nc4n3)CC2)n1. The number of aromatic nitrogens is 3. The molecular formula is C18H21N5S. The lowest BCUT2D eigenvalue weighted by Crippen LogP contribution is -2.33. The summed E-state index contributed by atoms with van der Waals surface area (Å²) in [5, 5.41) is 0.593. The highest BCUT2D eigenvalue weighted by Crippen LogP contribution is 2.30. The van der Waals surface area contributed by atoms with Gasteiger partial charge in [0, 0.05) is 23.9 Å². The molecule has 6 heteroatoms. The largest absolute Gasteiger partial charge is 0.375 e. The first-order chi connectivity index (χ1) is 11.7. The molecule has 4 heterocycles. The zero-order valence-corrected chi connectivity index (χ0v) is 14.6. The van der Waals surface area contributed by atoms with Gasteiger partial charge in [0.15, 0.2) is 10.8 Å². The second-order valence-electron chi connectivity index (χ2n) is 6.43. The van der Waals surface area contributed by atoms with E-state index < -0.39 is 0 Å². The topological polar surface area (TPSA) is 67.9 Å². The maximum atomic E-state index is 5.78. The zero-order valence-electron chi connectivity index (χ0n) is 13.8. The Bertz CT molecular complexity index is 851. The molecular weight excluding hydrogens is 318 g/mol. The van der Waals surface area contributed by atoms with Crippen LogP contribution in [0.4, 0.5) is 5.13 Å². The summed E-state index contributed by atoms with van der Waals surface area (Å²) in [7, 11) is 0. The van der Waals surface area contributed by atoms with Crippen LogP contribution >= 0.6 is 11.3 Å². The molecule has 1 aliphatic rings. The van der Waals surface area contributed by atoms with E-state index in [2.05, 4.69) is 39.1 Å². The first kappa shape index (κ1) is 15.5. The molecule has 1 saturated heterocycles. The standard InChI is InChI=1S/C18H21N5S/c1-12-3-2-4-14(20-12)11-23-9-7-13(8-10-23)15-5-6-16-17(21-15)22-18(19)24-16/h2-6,13H,7-11H2,1H3,(H2,19,21,22). The van der Waals surface area contributed by atoms with Crippen molar-refractivity contribution in [2.24, 2.45) is 0 Å². The van der Waals surface area contributed by atoms with Crippen molar-refractivity contribution >= 4 is 26.8 Å². The molecule has 3 aromatic heterocycles. The maximum Gasteiger partial charge on any atom is 0.182 e. The van der Waals surface area contributed by atoms with Crippen LogP contribution in [0, 0.1) is 6.92 Å². The molecule has 2 N–H and O–H groups in total. The van der Waals surface area contributed by atoms with Crippen molar-refractivity contribution in [2.75, 3.05) is 18.8 Å². The van der Waals surface area contributed by atoms with Gasteiger partial charge in [-0.25, -0.2) is 9.97 Å². The predicted molar refractivity (Wildman–Crippen MR) is 98.1 cm³/mol. The van der Waals surface area contributed by atoms with Gasteiger partial charge in [-0.05, 0) is 57.1 Å².